The number of ether oxygens (including phenoxy) is 1. The first-order chi connectivity index (χ1) is 13.0. The van der Waals surface area contributed by atoms with E-state index in [-0.39, 0.29) is 17.9 Å². The molecule has 148 valence electrons. The van der Waals surface area contributed by atoms with Crippen molar-refractivity contribution < 1.29 is 17.9 Å². The molecule has 1 atom stereocenters. The minimum atomic E-state index is -3.46. The van der Waals surface area contributed by atoms with Crippen molar-refractivity contribution in [2.24, 2.45) is 5.92 Å². The summed E-state index contributed by atoms with van der Waals surface area (Å²) < 4.78 is 33.7. The standard InChI is InChI=1S/C20H28N2O4S/c1-2-26-17-12-16(13-17)20(23)21-10-5-7-18(14-21)27(24,25)22-11-9-15-6-3-4-8-19(15)22/h3-4,6,8,16-18H,2,5,7,9-14H2,1H3. The number of para-hydroxylation sites is 1. The number of nitrogens with zero attached hydrogens (tertiary/aromatic N) is 2. The Labute approximate surface area is 161 Å². The fraction of sp³-hybridized carbons (Fsp3) is 0.650. The van der Waals surface area contributed by atoms with Crippen molar-refractivity contribution in [2.75, 3.05) is 30.5 Å². The lowest BCUT2D eigenvalue weighted by Crippen LogP contribution is -2.52. The maximum atomic E-state index is 13.3. The van der Waals surface area contributed by atoms with Crippen LogP contribution in [0.5, 0.6) is 0 Å². The van der Waals surface area contributed by atoms with Gasteiger partial charge in [-0.3, -0.25) is 9.10 Å². The van der Waals surface area contributed by atoms with Gasteiger partial charge >= 0.3 is 0 Å². The number of piperidine rings is 1. The van der Waals surface area contributed by atoms with Crippen LogP contribution in [0.25, 0.3) is 0 Å². The lowest BCUT2D eigenvalue weighted by atomic mass is 9.81. The van der Waals surface area contributed by atoms with E-state index in [1.807, 2.05) is 31.2 Å². The number of benzene rings is 1. The molecule has 0 radical (unpaired) electrons. The molecule has 1 unspecified atom stereocenters. The Morgan fingerprint density at radius 1 is 1.22 bits per heavy atom. The largest absolute Gasteiger partial charge is 0.378 e. The molecule has 1 saturated heterocycles. The van der Waals surface area contributed by atoms with Gasteiger partial charge in [0.2, 0.25) is 15.9 Å². The third-order valence-electron chi connectivity index (χ3n) is 6.11. The van der Waals surface area contributed by atoms with Crippen LogP contribution >= 0.6 is 0 Å². The van der Waals surface area contributed by atoms with Crippen LogP contribution in [0.2, 0.25) is 0 Å². The number of hydrogen-bond acceptors (Lipinski definition) is 4. The second-order valence-corrected chi connectivity index (χ2v) is 9.93. The minimum absolute atomic E-state index is 0.00415. The van der Waals surface area contributed by atoms with Gasteiger partial charge in [-0.25, -0.2) is 8.42 Å². The molecule has 2 heterocycles. The minimum Gasteiger partial charge on any atom is -0.378 e. The molecule has 3 aliphatic rings. The van der Waals surface area contributed by atoms with E-state index in [2.05, 4.69) is 0 Å². The molecule has 2 aliphatic heterocycles. The average Bonchev–Trinajstić information content (AvgIpc) is 3.09. The van der Waals surface area contributed by atoms with E-state index in [1.54, 1.807) is 9.21 Å². The van der Waals surface area contributed by atoms with Crippen LogP contribution in [0.4, 0.5) is 5.69 Å². The number of carbonyl (C=O) groups is 1. The lowest BCUT2D eigenvalue weighted by molar-refractivity contribution is -0.145. The molecule has 7 heteroatoms. The number of fused-ring (bicyclic) bond motifs is 1. The average molecular weight is 393 g/mol. The summed E-state index contributed by atoms with van der Waals surface area (Å²) in [5, 5.41) is -0.510. The SMILES string of the molecule is CCOC1CC(C(=O)N2CCCC(S(=O)(=O)N3CCc4ccccc43)C2)C1. The molecular formula is C20H28N2O4S. The molecule has 4 rings (SSSR count). The van der Waals surface area contributed by atoms with E-state index < -0.39 is 15.3 Å². The molecule has 1 aromatic rings. The van der Waals surface area contributed by atoms with Gasteiger partial charge in [0, 0.05) is 32.2 Å². The number of amides is 1. The summed E-state index contributed by atoms with van der Waals surface area (Å²) in [6.07, 6.45) is 3.84. The predicted molar refractivity (Wildman–Crippen MR) is 104 cm³/mol. The Morgan fingerprint density at radius 3 is 2.78 bits per heavy atom. The van der Waals surface area contributed by atoms with Gasteiger partial charge < -0.3 is 9.64 Å². The number of rotatable bonds is 5. The number of likely N-dealkylation sites (tertiary alicyclic amines) is 1. The summed E-state index contributed by atoms with van der Waals surface area (Å²) >= 11 is 0. The molecule has 0 spiro atoms. The fourth-order valence-corrected chi connectivity index (χ4v) is 6.52. The van der Waals surface area contributed by atoms with Gasteiger partial charge in [-0.1, -0.05) is 18.2 Å². The maximum absolute atomic E-state index is 13.3. The van der Waals surface area contributed by atoms with E-state index in [0.29, 0.717) is 32.7 Å². The van der Waals surface area contributed by atoms with E-state index in [9.17, 15) is 13.2 Å². The Morgan fingerprint density at radius 2 is 2.00 bits per heavy atom. The summed E-state index contributed by atoms with van der Waals surface area (Å²) in [4.78, 5) is 14.6. The summed E-state index contributed by atoms with van der Waals surface area (Å²) in [7, 11) is -3.46. The normalized spacial score (nSPS) is 28.0. The van der Waals surface area contributed by atoms with Crippen molar-refractivity contribution in [3.63, 3.8) is 0 Å². The molecule has 1 amide bonds. The molecule has 1 aliphatic carbocycles. The third-order valence-corrected chi connectivity index (χ3v) is 8.33. The topological polar surface area (TPSA) is 66.9 Å². The first-order valence-electron chi connectivity index (χ1n) is 10.0. The Kier molecular flexibility index (Phi) is 5.16. The predicted octanol–water partition coefficient (Wildman–Crippen LogP) is 2.19. The lowest BCUT2D eigenvalue weighted by Gasteiger charge is -2.40. The smallest absolute Gasteiger partial charge is 0.239 e. The maximum Gasteiger partial charge on any atom is 0.239 e. The van der Waals surface area contributed by atoms with Crippen LogP contribution in [-0.4, -0.2) is 56.8 Å². The monoisotopic (exact) mass is 392 g/mol. The van der Waals surface area contributed by atoms with Crippen LogP contribution in [0, 0.1) is 5.92 Å². The molecule has 6 nitrogen and oxygen atoms in total. The van der Waals surface area contributed by atoms with Gasteiger partial charge in [0.25, 0.3) is 0 Å². The molecule has 1 saturated carbocycles. The second kappa shape index (κ2) is 7.43. The van der Waals surface area contributed by atoms with Crippen LogP contribution in [0.3, 0.4) is 0 Å². The highest BCUT2D eigenvalue weighted by atomic mass is 32.2. The van der Waals surface area contributed by atoms with Crippen molar-refractivity contribution in [1.82, 2.24) is 4.90 Å². The highest BCUT2D eigenvalue weighted by molar-refractivity contribution is 7.93. The van der Waals surface area contributed by atoms with Gasteiger partial charge in [0.05, 0.1) is 17.0 Å². The van der Waals surface area contributed by atoms with E-state index >= 15 is 0 Å². The van der Waals surface area contributed by atoms with Crippen molar-refractivity contribution >= 4 is 21.6 Å². The van der Waals surface area contributed by atoms with E-state index in [4.69, 9.17) is 4.74 Å². The molecule has 0 bridgehead atoms. The van der Waals surface area contributed by atoms with E-state index in [0.717, 1.165) is 36.9 Å². The Hall–Kier alpha value is -1.60. The summed E-state index contributed by atoms with van der Waals surface area (Å²) in [6.45, 7) is 4.12. The summed E-state index contributed by atoms with van der Waals surface area (Å²) in [6, 6.07) is 7.71. The van der Waals surface area contributed by atoms with Crippen LogP contribution in [0.1, 0.15) is 38.2 Å². The highest BCUT2D eigenvalue weighted by Crippen LogP contribution is 2.35. The molecule has 27 heavy (non-hydrogen) atoms. The van der Waals surface area contributed by atoms with Crippen LogP contribution < -0.4 is 4.31 Å². The van der Waals surface area contributed by atoms with Gasteiger partial charge in [-0.2, -0.15) is 0 Å². The second-order valence-electron chi connectivity index (χ2n) is 7.79. The van der Waals surface area contributed by atoms with Gasteiger partial charge in [0.1, 0.15) is 0 Å². The Balaban J connectivity index is 1.43. The quantitative estimate of drug-likeness (QED) is 0.770. The number of carbonyl (C=O) groups excluding carboxylic acids is 1. The van der Waals surface area contributed by atoms with Crippen molar-refractivity contribution in [3.05, 3.63) is 29.8 Å². The zero-order valence-electron chi connectivity index (χ0n) is 15.8. The fourth-order valence-electron chi connectivity index (χ4n) is 4.53. The van der Waals surface area contributed by atoms with Crippen molar-refractivity contribution in [3.8, 4) is 0 Å². The third kappa shape index (κ3) is 3.47. The molecule has 0 N–H and O–H groups in total. The van der Waals surface area contributed by atoms with Gasteiger partial charge in [0.15, 0.2) is 0 Å². The molecule has 1 aromatic carbocycles. The zero-order valence-corrected chi connectivity index (χ0v) is 16.7. The number of sulfonamides is 1. The summed E-state index contributed by atoms with van der Waals surface area (Å²) in [5.41, 5.74) is 1.89. The first-order valence-corrected chi connectivity index (χ1v) is 11.5. The van der Waals surface area contributed by atoms with Crippen molar-refractivity contribution in [1.29, 1.82) is 0 Å². The van der Waals surface area contributed by atoms with Crippen LogP contribution in [-0.2, 0) is 26.0 Å². The molecule has 2 fully saturated rings. The first kappa shape index (κ1) is 18.7. The number of hydrogen-bond donors (Lipinski definition) is 0. The van der Waals surface area contributed by atoms with E-state index in [1.165, 1.54) is 0 Å². The van der Waals surface area contributed by atoms with Crippen LogP contribution in [0.15, 0.2) is 24.3 Å². The molecule has 0 aromatic heterocycles. The Bertz CT molecular complexity index is 804. The molecular weight excluding hydrogens is 364 g/mol. The highest BCUT2D eigenvalue weighted by Gasteiger charge is 2.42. The summed E-state index contributed by atoms with van der Waals surface area (Å²) in [5.74, 6) is 0.100. The van der Waals surface area contributed by atoms with Crippen molar-refractivity contribution in [2.45, 2.75) is 50.4 Å². The van der Waals surface area contributed by atoms with Gasteiger partial charge in [-0.05, 0) is 50.7 Å². The zero-order chi connectivity index (χ0) is 19.0. The number of anilines is 1. The van der Waals surface area contributed by atoms with Gasteiger partial charge in [-0.15, -0.1) is 0 Å².